The van der Waals surface area contributed by atoms with Gasteiger partial charge >= 0.3 is 0 Å². The number of amides is 1. The van der Waals surface area contributed by atoms with E-state index in [1.807, 2.05) is 0 Å². The number of halogens is 1. The van der Waals surface area contributed by atoms with Crippen molar-refractivity contribution in [2.75, 3.05) is 5.32 Å². The van der Waals surface area contributed by atoms with E-state index < -0.39 is 5.91 Å². The highest BCUT2D eigenvalue weighted by atomic mass is 35.5. The van der Waals surface area contributed by atoms with Gasteiger partial charge in [0.25, 0.3) is 5.91 Å². The summed E-state index contributed by atoms with van der Waals surface area (Å²) in [5.74, 6) is -0.530. The predicted octanol–water partition coefficient (Wildman–Crippen LogP) is 0.950. The Morgan fingerprint density at radius 1 is 1.53 bits per heavy atom. The second-order valence-electron chi connectivity index (χ2n) is 3.68. The van der Waals surface area contributed by atoms with Crippen LogP contribution >= 0.6 is 11.6 Å². The van der Waals surface area contributed by atoms with E-state index in [4.69, 9.17) is 23.1 Å². The molecule has 1 fully saturated rings. The maximum absolute atomic E-state index is 11.2. The molecule has 5 N–H and O–H groups in total. The highest BCUT2D eigenvalue weighted by molar-refractivity contribution is 6.34. The van der Waals surface area contributed by atoms with Crippen molar-refractivity contribution < 1.29 is 4.79 Å². The van der Waals surface area contributed by atoms with Crippen molar-refractivity contribution in [1.29, 1.82) is 0 Å². The fraction of sp³-hybridized carbons (Fsp3) is 0.300. The van der Waals surface area contributed by atoms with E-state index in [-0.39, 0.29) is 12.1 Å². The van der Waals surface area contributed by atoms with E-state index in [9.17, 15) is 4.79 Å². The van der Waals surface area contributed by atoms with E-state index >= 15 is 0 Å². The number of carbonyl (C=O) groups is 1. The SMILES string of the molecule is NC(=O)c1c(Cl)cccc1NC1CC1N. The Balaban J connectivity index is 2.29. The third-order valence-corrected chi connectivity index (χ3v) is 2.76. The molecule has 0 saturated heterocycles. The molecule has 1 amide bonds. The maximum Gasteiger partial charge on any atom is 0.252 e. The summed E-state index contributed by atoms with van der Waals surface area (Å²) in [6.07, 6.45) is 0.907. The lowest BCUT2D eigenvalue weighted by atomic mass is 10.1. The van der Waals surface area contributed by atoms with E-state index in [0.717, 1.165) is 6.42 Å². The van der Waals surface area contributed by atoms with Crippen LogP contribution in [0.3, 0.4) is 0 Å². The number of hydrogen-bond donors (Lipinski definition) is 3. The first-order valence-corrected chi connectivity index (χ1v) is 5.08. The largest absolute Gasteiger partial charge is 0.380 e. The molecule has 4 nitrogen and oxygen atoms in total. The van der Waals surface area contributed by atoms with Crippen molar-refractivity contribution >= 4 is 23.2 Å². The average Bonchev–Trinajstić information content (AvgIpc) is 2.81. The zero-order chi connectivity index (χ0) is 11.0. The van der Waals surface area contributed by atoms with Gasteiger partial charge in [-0.05, 0) is 18.6 Å². The molecule has 0 spiro atoms. The van der Waals surface area contributed by atoms with Crippen molar-refractivity contribution in [2.45, 2.75) is 18.5 Å². The third kappa shape index (κ3) is 2.06. The zero-order valence-corrected chi connectivity index (χ0v) is 8.79. The molecule has 0 bridgehead atoms. The summed E-state index contributed by atoms with van der Waals surface area (Å²) in [5, 5.41) is 3.51. The highest BCUT2D eigenvalue weighted by Gasteiger charge is 2.34. The topological polar surface area (TPSA) is 81.1 Å². The lowest BCUT2D eigenvalue weighted by Gasteiger charge is -2.10. The quantitative estimate of drug-likeness (QED) is 0.717. The van der Waals surface area contributed by atoms with Gasteiger partial charge in [0.1, 0.15) is 0 Å². The number of primary amides is 1. The smallest absolute Gasteiger partial charge is 0.252 e. The van der Waals surface area contributed by atoms with Crippen molar-refractivity contribution in [2.24, 2.45) is 11.5 Å². The lowest BCUT2D eigenvalue weighted by molar-refractivity contribution is 0.100. The van der Waals surface area contributed by atoms with Gasteiger partial charge in [0.2, 0.25) is 0 Å². The Labute approximate surface area is 92.6 Å². The van der Waals surface area contributed by atoms with Crippen LogP contribution in [0.25, 0.3) is 0 Å². The van der Waals surface area contributed by atoms with Crippen LogP contribution in [0.15, 0.2) is 18.2 Å². The molecule has 1 aliphatic carbocycles. The number of rotatable bonds is 3. The molecule has 1 saturated carbocycles. The normalized spacial score (nSPS) is 23.6. The number of benzene rings is 1. The molecule has 0 heterocycles. The molecule has 80 valence electrons. The molecule has 0 aromatic heterocycles. The molecular weight excluding hydrogens is 214 g/mol. The van der Waals surface area contributed by atoms with Gasteiger partial charge in [0, 0.05) is 17.8 Å². The predicted molar refractivity (Wildman–Crippen MR) is 60.0 cm³/mol. The maximum atomic E-state index is 11.2. The average molecular weight is 226 g/mol. The fourth-order valence-electron chi connectivity index (χ4n) is 1.48. The minimum atomic E-state index is -0.530. The zero-order valence-electron chi connectivity index (χ0n) is 8.03. The summed E-state index contributed by atoms with van der Waals surface area (Å²) in [7, 11) is 0. The number of hydrogen-bond acceptors (Lipinski definition) is 3. The van der Waals surface area contributed by atoms with E-state index in [1.165, 1.54) is 0 Å². The van der Waals surface area contributed by atoms with Crippen LogP contribution in [-0.2, 0) is 0 Å². The van der Waals surface area contributed by atoms with Crippen molar-refractivity contribution in [1.82, 2.24) is 0 Å². The fourth-order valence-corrected chi connectivity index (χ4v) is 1.74. The lowest BCUT2D eigenvalue weighted by Crippen LogP contribution is -2.18. The van der Waals surface area contributed by atoms with Crippen LogP contribution in [0, 0.1) is 0 Å². The van der Waals surface area contributed by atoms with Crippen LogP contribution in [-0.4, -0.2) is 18.0 Å². The first kappa shape index (κ1) is 10.3. The summed E-state index contributed by atoms with van der Waals surface area (Å²) >= 11 is 5.89. The second-order valence-corrected chi connectivity index (χ2v) is 4.08. The van der Waals surface area contributed by atoms with Crippen molar-refractivity contribution in [3.8, 4) is 0 Å². The first-order valence-electron chi connectivity index (χ1n) is 4.70. The Hall–Kier alpha value is -1.26. The Morgan fingerprint density at radius 2 is 2.20 bits per heavy atom. The van der Waals surface area contributed by atoms with Crippen molar-refractivity contribution in [3.05, 3.63) is 28.8 Å². The van der Waals surface area contributed by atoms with Gasteiger partial charge in [-0.3, -0.25) is 4.79 Å². The highest BCUT2D eigenvalue weighted by Crippen LogP contribution is 2.29. The summed E-state index contributed by atoms with van der Waals surface area (Å²) in [4.78, 5) is 11.2. The summed E-state index contributed by atoms with van der Waals surface area (Å²) in [5.41, 5.74) is 11.9. The molecule has 2 atom stereocenters. The van der Waals surface area contributed by atoms with Gasteiger partial charge in [0.05, 0.1) is 10.6 Å². The number of anilines is 1. The Morgan fingerprint density at radius 3 is 2.73 bits per heavy atom. The summed E-state index contributed by atoms with van der Waals surface area (Å²) < 4.78 is 0. The standard InChI is InChI=1S/C10H12ClN3O/c11-5-2-1-3-7(9(5)10(13)15)14-8-4-6(8)12/h1-3,6,8,14H,4,12H2,(H2,13,15). The van der Waals surface area contributed by atoms with E-state index in [2.05, 4.69) is 5.32 Å². The van der Waals surface area contributed by atoms with Crippen LogP contribution < -0.4 is 16.8 Å². The van der Waals surface area contributed by atoms with Gasteiger partial charge in [-0.15, -0.1) is 0 Å². The molecule has 15 heavy (non-hydrogen) atoms. The van der Waals surface area contributed by atoms with Crippen LogP contribution in [0.4, 0.5) is 5.69 Å². The molecule has 2 rings (SSSR count). The summed E-state index contributed by atoms with van der Waals surface area (Å²) in [6, 6.07) is 5.56. The number of nitrogens with two attached hydrogens (primary N) is 2. The monoisotopic (exact) mass is 225 g/mol. The van der Waals surface area contributed by atoms with E-state index in [1.54, 1.807) is 18.2 Å². The summed E-state index contributed by atoms with van der Waals surface area (Å²) in [6.45, 7) is 0. The molecule has 1 aromatic carbocycles. The number of carbonyl (C=O) groups excluding carboxylic acids is 1. The first-order chi connectivity index (χ1) is 7.09. The van der Waals surface area contributed by atoms with Gasteiger partial charge in [-0.1, -0.05) is 17.7 Å². The molecule has 5 heteroatoms. The molecule has 0 aliphatic heterocycles. The second kappa shape index (κ2) is 3.72. The molecular formula is C10H12ClN3O. The molecule has 0 radical (unpaired) electrons. The molecule has 1 aromatic rings. The number of nitrogens with one attached hydrogen (secondary N) is 1. The molecule has 1 aliphatic rings. The van der Waals surface area contributed by atoms with Crippen LogP contribution in [0.5, 0.6) is 0 Å². The Bertz CT molecular complexity index is 408. The minimum Gasteiger partial charge on any atom is -0.380 e. The molecule has 2 unspecified atom stereocenters. The van der Waals surface area contributed by atoms with E-state index in [0.29, 0.717) is 16.3 Å². The van der Waals surface area contributed by atoms with Gasteiger partial charge < -0.3 is 16.8 Å². The van der Waals surface area contributed by atoms with Crippen LogP contribution in [0.2, 0.25) is 5.02 Å². The third-order valence-electron chi connectivity index (χ3n) is 2.44. The van der Waals surface area contributed by atoms with Crippen molar-refractivity contribution in [3.63, 3.8) is 0 Å². The minimum absolute atomic E-state index is 0.157. The Kier molecular flexibility index (Phi) is 2.54. The van der Waals surface area contributed by atoms with Gasteiger partial charge in [-0.2, -0.15) is 0 Å². The van der Waals surface area contributed by atoms with Gasteiger partial charge in [-0.25, -0.2) is 0 Å². The van der Waals surface area contributed by atoms with Gasteiger partial charge in [0.15, 0.2) is 0 Å². The van der Waals surface area contributed by atoms with Crippen LogP contribution in [0.1, 0.15) is 16.8 Å².